The minimum Gasteiger partial charge on any atom is -0.325 e. The van der Waals surface area contributed by atoms with Gasteiger partial charge < -0.3 is 5.73 Å². The highest BCUT2D eigenvalue weighted by Crippen LogP contribution is 2.56. The highest BCUT2D eigenvalue weighted by Gasteiger charge is 2.52. The molecule has 80 valence electrons. The number of halogens is 1. The van der Waals surface area contributed by atoms with E-state index in [0.29, 0.717) is 5.92 Å². The van der Waals surface area contributed by atoms with Crippen molar-refractivity contribution in [3.63, 3.8) is 0 Å². The molecule has 1 aromatic carbocycles. The van der Waals surface area contributed by atoms with Crippen molar-refractivity contribution in [2.75, 3.05) is 0 Å². The van der Waals surface area contributed by atoms with E-state index in [1.54, 1.807) is 0 Å². The Bertz CT molecular complexity index is 380. The first-order valence-corrected chi connectivity index (χ1v) is 6.53. The van der Waals surface area contributed by atoms with Crippen LogP contribution in [0.15, 0.2) is 28.7 Å². The number of nitrogens with two attached hydrogens (primary N) is 1. The van der Waals surface area contributed by atoms with Crippen molar-refractivity contribution in [2.24, 2.45) is 11.7 Å². The Kier molecular flexibility index (Phi) is 2.18. The van der Waals surface area contributed by atoms with Crippen LogP contribution in [0.2, 0.25) is 0 Å². The van der Waals surface area contributed by atoms with Crippen LogP contribution in [0.25, 0.3) is 0 Å². The molecule has 1 atom stereocenters. The first-order valence-electron chi connectivity index (χ1n) is 5.74. The van der Waals surface area contributed by atoms with Crippen LogP contribution in [0.5, 0.6) is 0 Å². The Morgan fingerprint density at radius 3 is 2.47 bits per heavy atom. The van der Waals surface area contributed by atoms with Crippen LogP contribution in [0.4, 0.5) is 0 Å². The van der Waals surface area contributed by atoms with Gasteiger partial charge in [-0.3, -0.25) is 0 Å². The van der Waals surface area contributed by atoms with E-state index in [-0.39, 0.29) is 5.54 Å². The van der Waals surface area contributed by atoms with Gasteiger partial charge in [0.1, 0.15) is 0 Å². The average molecular weight is 266 g/mol. The highest BCUT2D eigenvalue weighted by atomic mass is 79.9. The van der Waals surface area contributed by atoms with Gasteiger partial charge >= 0.3 is 0 Å². The molecule has 15 heavy (non-hydrogen) atoms. The van der Waals surface area contributed by atoms with Crippen molar-refractivity contribution < 1.29 is 0 Å². The largest absolute Gasteiger partial charge is 0.325 e. The average Bonchev–Trinajstić information content (AvgIpc) is 3.09. The molecule has 0 bridgehead atoms. The number of hydrogen-bond acceptors (Lipinski definition) is 1. The molecular weight excluding hydrogens is 250 g/mol. The molecule has 0 heterocycles. The van der Waals surface area contributed by atoms with E-state index in [2.05, 4.69) is 40.2 Å². The first kappa shape index (κ1) is 9.86. The molecule has 1 unspecified atom stereocenters. The van der Waals surface area contributed by atoms with Crippen molar-refractivity contribution in [3.8, 4) is 0 Å². The Balaban J connectivity index is 1.98. The van der Waals surface area contributed by atoms with E-state index in [4.69, 9.17) is 5.73 Å². The van der Waals surface area contributed by atoms with E-state index in [9.17, 15) is 0 Å². The van der Waals surface area contributed by atoms with Gasteiger partial charge in [0.25, 0.3) is 0 Å². The minimum atomic E-state index is 0.116. The van der Waals surface area contributed by atoms with Gasteiger partial charge in [-0.1, -0.05) is 34.1 Å². The lowest BCUT2D eigenvalue weighted by molar-refractivity contribution is 0.467. The molecule has 2 fully saturated rings. The summed E-state index contributed by atoms with van der Waals surface area (Å²) < 4.78 is 1.23. The lowest BCUT2D eigenvalue weighted by atomic mass is 9.85. The summed E-state index contributed by atoms with van der Waals surface area (Å²) in [7, 11) is 0. The maximum atomic E-state index is 6.41. The predicted molar refractivity (Wildman–Crippen MR) is 65.8 cm³/mol. The predicted octanol–water partition coefficient (Wildman–Crippen LogP) is 3.43. The van der Waals surface area contributed by atoms with Crippen molar-refractivity contribution in [1.82, 2.24) is 0 Å². The molecule has 2 aliphatic carbocycles. The maximum Gasteiger partial charge on any atom is 0.0228 e. The molecule has 0 saturated heterocycles. The molecule has 3 rings (SSSR count). The molecule has 2 N–H and O–H groups in total. The third-order valence-corrected chi connectivity index (χ3v) is 4.50. The van der Waals surface area contributed by atoms with E-state index in [1.165, 1.54) is 35.7 Å². The van der Waals surface area contributed by atoms with Crippen molar-refractivity contribution in [2.45, 2.75) is 37.1 Å². The smallest absolute Gasteiger partial charge is 0.0228 e. The monoisotopic (exact) mass is 265 g/mol. The third-order valence-electron chi connectivity index (χ3n) is 3.78. The highest BCUT2D eigenvalue weighted by molar-refractivity contribution is 9.10. The fourth-order valence-electron chi connectivity index (χ4n) is 2.65. The molecule has 1 aromatic rings. The van der Waals surface area contributed by atoms with Crippen LogP contribution in [-0.2, 0) is 0 Å². The number of rotatable bonds is 3. The molecule has 2 saturated carbocycles. The summed E-state index contributed by atoms with van der Waals surface area (Å²) in [5, 5.41) is 0. The van der Waals surface area contributed by atoms with E-state index >= 15 is 0 Å². The zero-order valence-electron chi connectivity index (χ0n) is 8.75. The van der Waals surface area contributed by atoms with Crippen LogP contribution >= 0.6 is 15.9 Å². The Labute approximate surface area is 99.2 Å². The van der Waals surface area contributed by atoms with Gasteiger partial charge in [-0.15, -0.1) is 0 Å². The van der Waals surface area contributed by atoms with Crippen LogP contribution < -0.4 is 5.73 Å². The van der Waals surface area contributed by atoms with Gasteiger partial charge in [-0.05, 0) is 43.2 Å². The fourth-order valence-corrected chi connectivity index (χ4v) is 3.18. The molecule has 2 aliphatic rings. The van der Waals surface area contributed by atoms with Crippen molar-refractivity contribution in [3.05, 3.63) is 34.3 Å². The summed E-state index contributed by atoms with van der Waals surface area (Å²) in [6, 6.07) is 8.57. The molecule has 0 amide bonds. The summed E-state index contributed by atoms with van der Waals surface area (Å²) in [5.74, 6) is 1.43. The lowest BCUT2D eigenvalue weighted by Crippen LogP contribution is -2.32. The maximum absolute atomic E-state index is 6.41. The third kappa shape index (κ3) is 1.74. The molecule has 1 nitrogen and oxygen atoms in total. The normalized spacial score (nSPS) is 24.9. The zero-order chi connectivity index (χ0) is 10.5. The topological polar surface area (TPSA) is 26.0 Å². The first-order chi connectivity index (χ1) is 7.21. The van der Waals surface area contributed by atoms with Gasteiger partial charge in [0.15, 0.2) is 0 Å². The number of hydrogen-bond donors (Lipinski definition) is 1. The summed E-state index contributed by atoms with van der Waals surface area (Å²) >= 11 is 3.66. The van der Waals surface area contributed by atoms with Crippen molar-refractivity contribution in [1.29, 1.82) is 0 Å². The second kappa shape index (κ2) is 3.33. The van der Waals surface area contributed by atoms with Crippen LogP contribution in [0.3, 0.4) is 0 Å². The van der Waals surface area contributed by atoms with Crippen LogP contribution in [0.1, 0.15) is 37.2 Å². The van der Waals surface area contributed by atoms with E-state index in [0.717, 1.165) is 5.92 Å². The Morgan fingerprint density at radius 1 is 1.27 bits per heavy atom. The van der Waals surface area contributed by atoms with E-state index in [1.807, 2.05) is 0 Å². The Hall–Kier alpha value is -0.340. The molecule has 0 aromatic heterocycles. The summed E-state index contributed by atoms with van der Waals surface area (Å²) in [6.07, 6.45) is 5.14. The van der Waals surface area contributed by atoms with E-state index < -0.39 is 0 Å². The SMILES string of the molecule is NC1(C(c2ccccc2Br)C2CC2)CC1. The van der Waals surface area contributed by atoms with Gasteiger partial charge in [-0.25, -0.2) is 0 Å². The lowest BCUT2D eigenvalue weighted by Gasteiger charge is -2.24. The molecule has 0 aliphatic heterocycles. The van der Waals surface area contributed by atoms with Crippen molar-refractivity contribution >= 4 is 15.9 Å². The summed E-state index contributed by atoms with van der Waals surface area (Å²) in [5.41, 5.74) is 7.96. The van der Waals surface area contributed by atoms with Crippen LogP contribution in [0, 0.1) is 5.92 Å². The molecule has 2 heteroatoms. The quantitative estimate of drug-likeness (QED) is 0.891. The number of benzene rings is 1. The summed E-state index contributed by atoms with van der Waals surface area (Å²) in [6.45, 7) is 0. The second-order valence-electron chi connectivity index (χ2n) is 5.07. The van der Waals surface area contributed by atoms with Gasteiger partial charge in [0.2, 0.25) is 0 Å². The van der Waals surface area contributed by atoms with Crippen LogP contribution in [-0.4, -0.2) is 5.54 Å². The summed E-state index contributed by atoms with van der Waals surface area (Å²) in [4.78, 5) is 0. The molecule has 0 radical (unpaired) electrons. The second-order valence-corrected chi connectivity index (χ2v) is 5.92. The fraction of sp³-hybridized carbons (Fsp3) is 0.538. The minimum absolute atomic E-state index is 0.116. The van der Waals surface area contributed by atoms with Gasteiger partial charge in [0.05, 0.1) is 0 Å². The molecule has 0 spiro atoms. The Morgan fingerprint density at radius 2 is 1.93 bits per heavy atom. The van der Waals surface area contributed by atoms with Gasteiger partial charge in [0, 0.05) is 15.9 Å². The van der Waals surface area contributed by atoms with Gasteiger partial charge in [-0.2, -0.15) is 0 Å². The molecular formula is C13H16BrN. The zero-order valence-corrected chi connectivity index (χ0v) is 10.3. The standard InChI is InChI=1S/C13H16BrN/c14-11-4-2-1-3-10(11)12(9-5-6-9)13(15)7-8-13/h1-4,9,12H,5-8,15H2.